The molecule has 32 heavy (non-hydrogen) atoms. The first-order chi connectivity index (χ1) is 15.2. The van der Waals surface area contributed by atoms with E-state index in [0.29, 0.717) is 16.5 Å². The number of nitrogens with one attached hydrogen (secondary N) is 1. The molecule has 0 spiro atoms. The van der Waals surface area contributed by atoms with Crippen LogP contribution in [0.25, 0.3) is 0 Å². The minimum absolute atomic E-state index is 0.0244. The summed E-state index contributed by atoms with van der Waals surface area (Å²) in [7, 11) is -2.46. The number of amides is 1. The smallest absolute Gasteiger partial charge is 0.243 e. The highest BCUT2D eigenvalue weighted by atomic mass is 79.9. The number of hydrogen-bond donors (Lipinski definition) is 1. The van der Waals surface area contributed by atoms with Gasteiger partial charge in [0.25, 0.3) is 0 Å². The van der Waals surface area contributed by atoms with Crippen LogP contribution in [-0.4, -0.2) is 32.3 Å². The van der Waals surface area contributed by atoms with E-state index >= 15 is 0 Å². The molecule has 6 nitrogen and oxygen atoms in total. The van der Waals surface area contributed by atoms with Crippen LogP contribution in [-0.2, 0) is 21.4 Å². The average molecular weight is 538 g/mol. The second-order valence-electron chi connectivity index (χ2n) is 7.11. The van der Waals surface area contributed by atoms with E-state index in [1.54, 1.807) is 24.3 Å². The Kier molecular flexibility index (Phi) is 7.95. The molecule has 3 aromatic rings. The van der Waals surface area contributed by atoms with Gasteiger partial charge in [0.2, 0.25) is 15.9 Å². The predicted octanol–water partition coefficient (Wildman–Crippen LogP) is 5.25. The summed E-state index contributed by atoms with van der Waals surface area (Å²) in [4.78, 5) is 12.9. The molecule has 1 amide bonds. The van der Waals surface area contributed by atoms with Gasteiger partial charge in [0.1, 0.15) is 5.75 Å². The van der Waals surface area contributed by atoms with Gasteiger partial charge in [-0.15, -0.1) is 0 Å². The summed E-state index contributed by atoms with van der Waals surface area (Å²) in [6.45, 7) is 1.54. The van der Waals surface area contributed by atoms with E-state index in [2.05, 4.69) is 21.2 Å². The van der Waals surface area contributed by atoms with Gasteiger partial charge >= 0.3 is 0 Å². The molecule has 0 unspecified atom stereocenters. The van der Waals surface area contributed by atoms with Crippen molar-refractivity contribution >= 4 is 49.1 Å². The summed E-state index contributed by atoms with van der Waals surface area (Å²) < 4.78 is 34.0. The van der Waals surface area contributed by atoms with Gasteiger partial charge in [0.05, 0.1) is 24.2 Å². The maximum Gasteiger partial charge on any atom is 0.243 e. The maximum atomic E-state index is 13.3. The Balaban J connectivity index is 1.89. The summed E-state index contributed by atoms with van der Waals surface area (Å²) in [5.41, 5.74) is 2.15. The summed E-state index contributed by atoms with van der Waals surface area (Å²) in [5, 5.41) is 3.19. The minimum Gasteiger partial charge on any atom is -0.495 e. The van der Waals surface area contributed by atoms with Gasteiger partial charge in [-0.05, 0) is 66.6 Å². The topological polar surface area (TPSA) is 75.7 Å². The predicted molar refractivity (Wildman–Crippen MR) is 130 cm³/mol. The lowest BCUT2D eigenvalue weighted by atomic mass is 10.2. The number of carbonyl (C=O) groups is 1. The summed E-state index contributed by atoms with van der Waals surface area (Å²) in [6, 6.07) is 18.5. The zero-order chi connectivity index (χ0) is 23.3. The molecule has 0 saturated carbocycles. The molecule has 0 aliphatic carbocycles. The van der Waals surface area contributed by atoms with Crippen LogP contribution in [0.1, 0.15) is 11.1 Å². The third-order valence-electron chi connectivity index (χ3n) is 4.67. The van der Waals surface area contributed by atoms with Crippen LogP contribution in [0.2, 0.25) is 5.02 Å². The average Bonchev–Trinajstić information content (AvgIpc) is 2.75. The SMILES string of the molecule is COc1ccc(C)cc1NC(=O)CN(Cc1ccc(Br)cc1)S(=O)(=O)c1ccc(Cl)cc1. The number of carbonyl (C=O) groups excluding carboxylic acids is 1. The Bertz CT molecular complexity index is 1200. The van der Waals surface area contributed by atoms with Crippen molar-refractivity contribution in [3.8, 4) is 5.75 Å². The lowest BCUT2D eigenvalue weighted by Crippen LogP contribution is -2.37. The standard InChI is InChI=1S/C23H22BrClN2O4S/c1-16-3-12-22(31-2)21(13-16)26-23(28)15-27(14-17-4-6-18(24)7-5-17)32(29,30)20-10-8-19(25)9-11-20/h3-13H,14-15H2,1-2H3,(H,26,28). The van der Waals surface area contributed by atoms with Crippen molar-refractivity contribution in [3.05, 3.63) is 87.4 Å². The van der Waals surface area contributed by atoms with Gasteiger partial charge < -0.3 is 10.1 Å². The zero-order valence-corrected chi connectivity index (χ0v) is 20.7. The van der Waals surface area contributed by atoms with E-state index < -0.39 is 15.9 Å². The van der Waals surface area contributed by atoms with Crippen LogP contribution in [0.3, 0.4) is 0 Å². The molecule has 0 saturated heterocycles. The highest BCUT2D eigenvalue weighted by Crippen LogP contribution is 2.26. The van der Waals surface area contributed by atoms with E-state index in [1.807, 2.05) is 25.1 Å². The molecule has 3 aromatic carbocycles. The van der Waals surface area contributed by atoms with Gasteiger partial charge in [-0.3, -0.25) is 4.79 Å². The molecular formula is C23H22BrClN2O4S. The third kappa shape index (κ3) is 6.10. The molecular weight excluding hydrogens is 516 g/mol. The Morgan fingerprint density at radius 2 is 1.72 bits per heavy atom. The van der Waals surface area contributed by atoms with E-state index in [1.165, 1.54) is 31.4 Å². The lowest BCUT2D eigenvalue weighted by Gasteiger charge is -2.22. The highest BCUT2D eigenvalue weighted by Gasteiger charge is 2.27. The van der Waals surface area contributed by atoms with Gasteiger partial charge in [0, 0.05) is 16.0 Å². The van der Waals surface area contributed by atoms with Crippen molar-refractivity contribution in [2.45, 2.75) is 18.4 Å². The van der Waals surface area contributed by atoms with Gasteiger partial charge in [0.15, 0.2) is 0 Å². The van der Waals surface area contributed by atoms with Gasteiger partial charge in [-0.2, -0.15) is 4.31 Å². The van der Waals surface area contributed by atoms with E-state index in [0.717, 1.165) is 19.9 Å². The fourth-order valence-electron chi connectivity index (χ4n) is 3.04. The van der Waals surface area contributed by atoms with Crippen molar-refractivity contribution in [1.29, 1.82) is 0 Å². The van der Waals surface area contributed by atoms with E-state index in [4.69, 9.17) is 16.3 Å². The zero-order valence-electron chi connectivity index (χ0n) is 17.5. The Hall–Kier alpha value is -2.39. The number of sulfonamides is 1. The number of nitrogens with zero attached hydrogens (tertiary/aromatic N) is 1. The number of halogens is 2. The largest absolute Gasteiger partial charge is 0.495 e. The second kappa shape index (κ2) is 10.5. The molecule has 0 radical (unpaired) electrons. The number of anilines is 1. The first-order valence-corrected chi connectivity index (χ1v) is 12.2. The minimum atomic E-state index is -3.97. The Morgan fingerprint density at radius 1 is 1.06 bits per heavy atom. The Morgan fingerprint density at radius 3 is 2.34 bits per heavy atom. The van der Waals surface area contributed by atoms with Crippen LogP contribution in [0.4, 0.5) is 5.69 Å². The van der Waals surface area contributed by atoms with Crippen LogP contribution in [0.15, 0.2) is 76.1 Å². The first-order valence-electron chi connectivity index (χ1n) is 9.63. The number of hydrogen-bond acceptors (Lipinski definition) is 4. The molecule has 9 heteroatoms. The van der Waals surface area contributed by atoms with E-state index in [9.17, 15) is 13.2 Å². The monoisotopic (exact) mass is 536 g/mol. The number of ether oxygens (including phenoxy) is 1. The van der Waals surface area contributed by atoms with Gasteiger partial charge in [-0.1, -0.05) is 45.7 Å². The summed E-state index contributed by atoms with van der Waals surface area (Å²) >= 11 is 9.28. The molecule has 1 N–H and O–H groups in total. The fraction of sp³-hybridized carbons (Fsp3) is 0.174. The molecule has 0 aromatic heterocycles. The Labute approximate surface area is 201 Å². The first kappa shape index (κ1) is 24.3. The van der Waals surface area contributed by atoms with E-state index in [-0.39, 0.29) is 18.0 Å². The molecule has 168 valence electrons. The normalized spacial score (nSPS) is 11.4. The van der Waals surface area contributed by atoms with Crippen molar-refractivity contribution in [1.82, 2.24) is 4.31 Å². The summed E-state index contributed by atoms with van der Waals surface area (Å²) in [5.74, 6) is 0.00696. The van der Waals surface area contributed by atoms with Crippen LogP contribution in [0, 0.1) is 6.92 Å². The van der Waals surface area contributed by atoms with Crippen molar-refractivity contribution in [2.24, 2.45) is 0 Å². The second-order valence-corrected chi connectivity index (χ2v) is 10.4. The van der Waals surface area contributed by atoms with Crippen LogP contribution < -0.4 is 10.1 Å². The van der Waals surface area contributed by atoms with Crippen molar-refractivity contribution in [3.63, 3.8) is 0 Å². The summed E-state index contributed by atoms with van der Waals surface area (Å²) in [6.07, 6.45) is 0. The van der Waals surface area contributed by atoms with Gasteiger partial charge in [-0.25, -0.2) is 8.42 Å². The fourth-order valence-corrected chi connectivity index (χ4v) is 4.82. The third-order valence-corrected chi connectivity index (χ3v) is 7.26. The number of methoxy groups -OCH3 is 1. The molecule has 0 aliphatic rings. The van der Waals surface area contributed by atoms with Crippen molar-refractivity contribution in [2.75, 3.05) is 19.0 Å². The molecule has 3 rings (SSSR count). The molecule has 0 heterocycles. The maximum absolute atomic E-state index is 13.3. The highest BCUT2D eigenvalue weighted by molar-refractivity contribution is 9.10. The quantitative estimate of drug-likeness (QED) is 0.426. The number of rotatable bonds is 8. The number of benzene rings is 3. The molecule has 0 aliphatic heterocycles. The number of aryl methyl sites for hydroxylation is 1. The van der Waals surface area contributed by atoms with Crippen LogP contribution >= 0.6 is 27.5 Å². The molecule has 0 fully saturated rings. The molecule has 0 atom stereocenters. The van der Waals surface area contributed by atoms with Crippen molar-refractivity contribution < 1.29 is 17.9 Å². The molecule has 0 bridgehead atoms. The lowest BCUT2D eigenvalue weighted by molar-refractivity contribution is -0.116. The van der Waals surface area contributed by atoms with Crippen LogP contribution in [0.5, 0.6) is 5.75 Å².